The Morgan fingerprint density at radius 2 is 1.94 bits per heavy atom. The third kappa shape index (κ3) is 4.26. The highest BCUT2D eigenvalue weighted by molar-refractivity contribution is 7.21. The molecule has 1 aliphatic rings. The molecule has 4 aromatic rings. The highest BCUT2D eigenvalue weighted by Gasteiger charge is 2.23. The zero-order valence-corrected chi connectivity index (χ0v) is 18.3. The van der Waals surface area contributed by atoms with Crippen molar-refractivity contribution in [1.82, 2.24) is 19.9 Å². The molecule has 1 fully saturated rings. The van der Waals surface area contributed by atoms with Crippen LogP contribution in [0.15, 0.2) is 53.2 Å². The van der Waals surface area contributed by atoms with E-state index in [1.807, 2.05) is 41.3 Å². The lowest BCUT2D eigenvalue weighted by Gasteiger charge is -2.34. The van der Waals surface area contributed by atoms with Crippen molar-refractivity contribution < 1.29 is 9.21 Å². The number of fused-ring (bicyclic) bond motifs is 1. The van der Waals surface area contributed by atoms with Crippen molar-refractivity contribution in [3.05, 3.63) is 59.7 Å². The monoisotopic (exact) mass is 453 g/mol. The molecule has 4 heterocycles. The molecule has 3 aromatic heterocycles. The summed E-state index contributed by atoms with van der Waals surface area (Å²) in [6, 6.07) is 11.3. The van der Waals surface area contributed by atoms with Crippen LogP contribution >= 0.6 is 22.9 Å². The topological polar surface area (TPSA) is 75.4 Å². The van der Waals surface area contributed by atoms with Crippen molar-refractivity contribution in [3.8, 4) is 11.3 Å². The molecular weight excluding hydrogens is 434 g/mol. The van der Waals surface area contributed by atoms with Crippen molar-refractivity contribution in [3.63, 3.8) is 0 Å². The Bertz CT molecular complexity index is 1180. The molecule has 158 valence electrons. The van der Waals surface area contributed by atoms with E-state index < -0.39 is 0 Å². The van der Waals surface area contributed by atoms with Crippen LogP contribution in [0.25, 0.3) is 21.7 Å². The third-order valence-electron chi connectivity index (χ3n) is 5.30. The van der Waals surface area contributed by atoms with Gasteiger partial charge in [-0.2, -0.15) is 0 Å². The van der Waals surface area contributed by atoms with Gasteiger partial charge in [-0.1, -0.05) is 35.1 Å². The number of aryl methyl sites for hydroxylation is 1. The second kappa shape index (κ2) is 8.64. The molecule has 0 unspecified atom stereocenters. The Morgan fingerprint density at radius 1 is 1.10 bits per heavy atom. The minimum absolute atomic E-state index is 0.114. The van der Waals surface area contributed by atoms with Crippen molar-refractivity contribution >= 4 is 44.3 Å². The number of oxazole rings is 1. The Morgan fingerprint density at radius 3 is 2.74 bits per heavy atom. The predicted molar refractivity (Wildman–Crippen MR) is 121 cm³/mol. The van der Waals surface area contributed by atoms with E-state index in [1.165, 1.54) is 0 Å². The number of carbonyl (C=O) groups is 1. The van der Waals surface area contributed by atoms with Gasteiger partial charge in [-0.25, -0.2) is 15.0 Å². The van der Waals surface area contributed by atoms with Crippen LogP contribution in [0, 0.1) is 0 Å². The summed E-state index contributed by atoms with van der Waals surface area (Å²) in [6.45, 7) is 2.89. The minimum atomic E-state index is 0.114. The molecule has 31 heavy (non-hydrogen) atoms. The highest BCUT2D eigenvalue weighted by atomic mass is 35.5. The second-order valence-electron chi connectivity index (χ2n) is 7.29. The second-order valence-corrected chi connectivity index (χ2v) is 8.65. The molecule has 7 nitrogen and oxygen atoms in total. The maximum Gasteiger partial charge on any atom is 0.223 e. The first-order valence-corrected chi connectivity index (χ1v) is 11.3. The summed E-state index contributed by atoms with van der Waals surface area (Å²) >= 11 is 7.81. The van der Waals surface area contributed by atoms with Gasteiger partial charge >= 0.3 is 0 Å². The fourth-order valence-electron chi connectivity index (χ4n) is 3.62. The Kier molecular flexibility index (Phi) is 5.57. The summed E-state index contributed by atoms with van der Waals surface area (Å²) in [5.41, 5.74) is 1.72. The first-order chi connectivity index (χ1) is 15.2. The molecular formula is C22H20ClN5O2S. The van der Waals surface area contributed by atoms with Gasteiger partial charge in [-0.3, -0.25) is 4.79 Å². The van der Waals surface area contributed by atoms with E-state index in [4.69, 9.17) is 16.0 Å². The number of nitrogens with zero attached hydrogens (tertiary/aromatic N) is 5. The molecule has 0 bridgehead atoms. The van der Waals surface area contributed by atoms with Crippen LogP contribution < -0.4 is 4.90 Å². The van der Waals surface area contributed by atoms with Crippen LogP contribution in [0.5, 0.6) is 0 Å². The molecule has 0 spiro atoms. The third-order valence-corrected chi connectivity index (χ3v) is 6.67. The number of carbonyl (C=O) groups excluding carboxylic acids is 1. The Balaban J connectivity index is 1.15. The average molecular weight is 454 g/mol. The molecule has 0 N–H and O–H groups in total. The van der Waals surface area contributed by atoms with Gasteiger partial charge in [0.15, 0.2) is 16.8 Å². The van der Waals surface area contributed by atoms with Crippen LogP contribution in [0.3, 0.4) is 0 Å². The number of anilines is 1. The molecule has 1 aliphatic heterocycles. The van der Waals surface area contributed by atoms with Gasteiger partial charge in [0, 0.05) is 50.8 Å². The summed E-state index contributed by atoms with van der Waals surface area (Å²) in [5.74, 6) is 1.28. The predicted octanol–water partition coefficient (Wildman–Crippen LogP) is 4.28. The number of amides is 1. The Hall–Kier alpha value is -2.97. The van der Waals surface area contributed by atoms with Crippen molar-refractivity contribution in [2.24, 2.45) is 0 Å². The molecule has 1 aromatic carbocycles. The number of hydrogen-bond acceptors (Lipinski definition) is 7. The van der Waals surface area contributed by atoms with Gasteiger partial charge in [-0.05, 0) is 24.3 Å². The van der Waals surface area contributed by atoms with Gasteiger partial charge in [0.2, 0.25) is 5.91 Å². The van der Waals surface area contributed by atoms with Gasteiger partial charge in [0.25, 0.3) is 0 Å². The molecule has 0 saturated carbocycles. The normalized spacial score (nSPS) is 14.4. The van der Waals surface area contributed by atoms with Crippen LogP contribution in [0.1, 0.15) is 12.3 Å². The molecule has 1 amide bonds. The van der Waals surface area contributed by atoms with E-state index in [2.05, 4.69) is 19.9 Å². The van der Waals surface area contributed by atoms with E-state index in [9.17, 15) is 4.79 Å². The fourth-order valence-corrected chi connectivity index (χ4v) is 4.81. The number of rotatable bonds is 5. The average Bonchev–Trinajstić information content (AvgIpc) is 3.45. The van der Waals surface area contributed by atoms with E-state index in [1.54, 1.807) is 23.7 Å². The maximum atomic E-state index is 12.7. The summed E-state index contributed by atoms with van der Waals surface area (Å²) < 4.78 is 5.80. The lowest BCUT2D eigenvalue weighted by molar-refractivity contribution is -0.131. The number of aromatic nitrogens is 3. The Labute approximate surface area is 188 Å². The van der Waals surface area contributed by atoms with Gasteiger partial charge in [-0.15, -0.1) is 0 Å². The SMILES string of the molecule is O=C(CCc1ncc(-c2ccccc2Cl)o1)N1CCN(c2nc3cccnc3s2)CC1. The lowest BCUT2D eigenvalue weighted by Crippen LogP contribution is -2.48. The van der Waals surface area contributed by atoms with Crippen LogP contribution in [0.2, 0.25) is 5.02 Å². The van der Waals surface area contributed by atoms with Crippen LogP contribution in [-0.4, -0.2) is 51.9 Å². The number of piperazine rings is 1. The number of hydrogen-bond donors (Lipinski definition) is 0. The first-order valence-electron chi connectivity index (χ1n) is 10.1. The number of halogens is 1. The quantitative estimate of drug-likeness (QED) is 0.449. The van der Waals surface area contributed by atoms with Crippen molar-refractivity contribution in [2.45, 2.75) is 12.8 Å². The smallest absolute Gasteiger partial charge is 0.223 e. The first kappa shape index (κ1) is 20.0. The highest BCUT2D eigenvalue weighted by Crippen LogP contribution is 2.29. The number of thiazole rings is 1. The van der Waals surface area contributed by atoms with Gasteiger partial charge in [0.1, 0.15) is 10.3 Å². The van der Waals surface area contributed by atoms with Gasteiger partial charge < -0.3 is 14.2 Å². The van der Waals surface area contributed by atoms with Crippen LogP contribution in [0.4, 0.5) is 5.13 Å². The van der Waals surface area contributed by atoms with E-state index in [-0.39, 0.29) is 5.91 Å². The summed E-state index contributed by atoms with van der Waals surface area (Å²) in [5, 5.41) is 1.58. The van der Waals surface area contributed by atoms with E-state index >= 15 is 0 Å². The van der Waals surface area contributed by atoms with Crippen molar-refractivity contribution in [1.29, 1.82) is 0 Å². The zero-order valence-electron chi connectivity index (χ0n) is 16.7. The minimum Gasteiger partial charge on any atom is -0.441 e. The van der Waals surface area contributed by atoms with E-state index in [0.29, 0.717) is 42.6 Å². The molecule has 0 atom stereocenters. The number of benzene rings is 1. The van der Waals surface area contributed by atoms with Crippen molar-refractivity contribution in [2.75, 3.05) is 31.1 Å². The maximum absolute atomic E-state index is 12.7. The molecule has 1 saturated heterocycles. The fraction of sp³-hybridized carbons (Fsp3) is 0.273. The molecule has 5 rings (SSSR count). The largest absolute Gasteiger partial charge is 0.441 e. The lowest BCUT2D eigenvalue weighted by atomic mass is 10.2. The zero-order chi connectivity index (χ0) is 21.2. The molecule has 0 radical (unpaired) electrons. The van der Waals surface area contributed by atoms with Crippen LogP contribution in [-0.2, 0) is 11.2 Å². The summed E-state index contributed by atoms with van der Waals surface area (Å²) in [6.07, 6.45) is 4.28. The van der Waals surface area contributed by atoms with Gasteiger partial charge in [0.05, 0.1) is 11.2 Å². The molecule has 0 aliphatic carbocycles. The molecule has 9 heteroatoms. The summed E-state index contributed by atoms with van der Waals surface area (Å²) in [4.78, 5) is 31.1. The van der Waals surface area contributed by atoms with E-state index in [0.717, 1.165) is 34.1 Å². The standard InChI is InChI=1S/C22H20ClN5O2S/c23-16-5-2-1-4-15(16)18-14-25-19(30-18)7-8-20(29)27-10-12-28(13-11-27)22-26-17-6-3-9-24-21(17)31-22/h1-6,9,14H,7-8,10-13H2. The number of pyridine rings is 1. The summed E-state index contributed by atoms with van der Waals surface area (Å²) in [7, 11) is 0.